The minimum Gasteiger partial charge on any atom is -0.379 e. The van der Waals surface area contributed by atoms with E-state index in [0.29, 0.717) is 5.92 Å². The van der Waals surface area contributed by atoms with Crippen LogP contribution in [0.2, 0.25) is 0 Å². The topological polar surface area (TPSA) is 18.5 Å². The van der Waals surface area contributed by atoms with Gasteiger partial charge in [0.1, 0.15) is 0 Å². The van der Waals surface area contributed by atoms with Gasteiger partial charge >= 0.3 is 0 Å². The van der Waals surface area contributed by atoms with Crippen LogP contribution in [-0.4, -0.2) is 30.8 Å². The minimum atomic E-state index is 0.0771. The summed E-state index contributed by atoms with van der Waals surface area (Å²) in [4.78, 5) is 0. The van der Waals surface area contributed by atoms with Crippen LogP contribution in [0.4, 0.5) is 0 Å². The zero-order valence-corrected chi connectivity index (χ0v) is 13.1. The Morgan fingerprint density at radius 2 is 1.88 bits per heavy atom. The van der Waals surface area contributed by atoms with Crippen LogP contribution in [0.1, 0.15) is 46.5 Å². The SMILES string of the molecule is CC(C)COCCOC1(CBr)CCC(C)CC1. The summed E-state index contributed by atoms with van der Waals surface area (Å²) >= 11 is 3.61. The fourth-order valence-corrected chi connectivity index (χ4v) is 2.96. The van der Waals surface area contributed by atoms with Gasteiger partial charge < -0.3 is 9.47 Å². The first-order valence-electron chi connectivity index (χ1n) is 6.85. The molecule has 0 radical (unpaired) electrons. The molecule has 1 fully saturated rings. The molecule has 1 saturated carbocycles. The van der Waals surface area contributed by atoms with Gasteiger partial charge in [0.25, 0.3) is 0 Å². The summed E-state index contributed by atoms with van der Waals surface area (Å²) < 4.78 is 11.6. The summed E-state index contributed by atoms with van der Waals surface area (Å²) in [5.41, 5.74) is 0.0771. The van der Waals surface area contributed by atoms with Crippen LogP contribution >= 0.6 is 15.9 Å². The van der Waals surface area contributed by atoms with E-state index >= 15 is 0 Å². The molecule has 0 saturated heterocycles. The molecule has 0 spiro atoms. The zero-order chi connectivity index (χ0) is 12.7. The predicted molar refractivity (Wildman–Crippen MR) is 75.8 cm³/mol. The monoisotopic (exact) mass is 306 g/mol. The largest absolute Gasteiger partial charge is 0.379 e. The Kier molecular flexibility index (Phi) is 7.05. The summed E-state index contributed by atoms with van der Waals surface area (Å²) in [6.07, 6.45) is 4.95. The van der Waals surface area contributed by atoms with Crippen molar-refractivity contribution in [3.8, 4) is 0 Å². The van der Waals surface area contributed by atoms with Crippen LogP contribution in [-0.2, 0) is 9.47 Å². The van der Waals surface area contributed by atoms with Crippen molar-refractivity contribution in [2.24, 2.45) is 11.8 Å². The molecule has 3 heteroatoms. The molecule has 17 heavy (non-hydrogen) atoms. The van der Waals surface area contributed by atoms with E-state index in [2.05, 4.69) is 36.7 Å². The van der Waals surface area contributed by atoms with E-state index in [1.54, 1.807) is 0 Å². The molecular weight excluding hydrogens is 280 g/mol. The Morgan fingerprint density at radius 1 is 1.24 bits per heavy atom. The zero-order valence-electron chi connectivity index (χ0n) is 11.5. The molecule has 0 N–H and O–H groups in total. The average molecular weight is 307 g/mol. The maximum Gasteiger partial charge on any atom is 0.0780 e. The summed E-state index contributed by atoms with van der Waals surface area (Å²) in [6, 6.07) is 0. The molecule has 0 amide bonds. The molecule has 0 aromatic rings. The fourth-order valence-electron chi connectivity index (χ4n) is 2.24. The van der Waals surface area contributed by atoms with Gasteiger partial charge in [-0.15, -0.1) is 0 Å². The van der Waals surface area contributed by atoms with Crippen LogP contribution in [0.25, 0.3) is 0 Å². The molecule has 0 aromatic heterocycles. The lowest BCUT2D eigenvalue weighted by molar-refractivity contribution is -0.0792. The van der Waals surface area contributed by atoms with Crippen molar-refractivity contribution in [3.05, 3.63) is 0 Å². The fraction of sp³-hybridized carbons (Fsp3) is 1.00. The third kappa shape index (κ3) is 5.71. The van der Waals surface area contributed by atoms with Gasteiger partial charge in [0.05, 0.1) is 18.8 Å². The van der Waals surface area contributed by atoms with Gasteiger partial charge in [-0.05, 0) is 37.5 Å². The molecule has 1 rings (SSSR count). The standard InChI is InChI=1S/C14H27BrO2/c1-12(2)10-16-8-9-17-14(11-15)6-4-13(3)5-7-14/h12-13H,4-11H2,1-3H3. The Hall–Kier alpha value is 0.400. The number of ether oxygens (including phenoxy) is 2. The van der Waals surface area contributed by atoms with Crippen molar-refractivity contribution in [2.75, 3.05) is 25.2 Å². The number of hydrogen-bond acceptors (Lipinski definition) is 2. The summed E-state index contributed by atoms with van der Waals surface area (Å²) in [5, 5.41) is 0.955. The van der Waals surface area contributed by atoms with E-state index < -0.39 is 0 Å². The van der Waals surface area contributed by atoms with E-state index in [9.17, 15) is 0 Å². The van der Waals surface area contributed by atoms with Gasteiger partial charge in [-0.2, -0.15) is 0 Å². The first kappa shape index (κ1) is 15.5. The van der Waals surface area contributed by atoms with Crippen molar-refractivity contribution < 1.29 is 9.47 Å². The lowest BCUT2D eigenvalue weighted by Gasteiger charge is -2.38. The summed E-state index contributed by atoms with van der Waals surface area (Å²) in [5.74, 6) is 1.47. The van der Waals surface area contributed by atoms with Crippen LogP contribution in [0, 0.1) is 11.8 Å². The quantitative estimate of drug-likeness (QED) is 0.522. The second kappa shape index (κ2) is 7.75. The van der Waals surface area contributed by atoms with E-state index in [-0.39, 0.29) is 5.60 Å². The second-order valence-electron chi connectivity index (χ2n) is 5.82. The number of halogens is 1. The number of alkyl halides is 1. The van der Waals surface area contributed by atoms with E-state index in [4.69, 9.17) is 9.47 Å². The first-order chi connectivity index (χ1) is 8.08. The highest BCUT2D eigenvalue weighted by Crippen LogP contribution is 2.35. The smallest absolute Gasteiger partial charge is 0.0780 e. The van der Waals surface area contributed by atoms with Gasteiger partial charge in [0.2, 0.25) is 0 Å². The van der Waals surface area contributed by atoms with Gasteiger partial charge in [-0.25, -0.2) is 0 Å². The molecule has 0 atom stereocenters. The van der Waals surface area contributed by atoms with Gasteiger partial charge in [-0.1, -0.05) is 36.7 Å². The van der Waals surface area contributed by atoms with Gasteiger partial charge in [-0.3, -0.25) is 0 Å². The summed E-state index contributed by atoms with van der Waals surface area (Å²) in [6.45, 7) is 8.97. The first-order valence-corrected chi connectivity index (χ1v) is 7.98. The maximum atomic E-state index is 6.08. The molecule has 102 valence electrons. The van der Waals surface area contributed by atoms with Gasteiger partial charge in [0, 0.05) is 11.9 Å². The van der Waals surface area contributed by atoms with Crippen molar-refractivity contribution in [2.45, 2.75) is 52.1 Å². The van der Waals surface area contributed by atoms with Crippen molar-refractivity contribution in [1.82, 2.24) is 0 Å². The number of hydrogen-bond donors (Lipinski definition) is 0. The Labute approximate surface area is 115 Å². The molecule has 0 aliphatic heterocycles. The normalized spacial score (nSPS) is 29.8. The maximum absolute atomic E-state index is 6.08. The predicted octanol–water partition coefficient (Wildman–Crippen LogP) is 4.02. The summed E-state index contributed by atoms with van der Waals surface area (Å²) in [7, 11) is 0. The average Bonchev–Trinajstić information content (AvgIpc) is 2.31. The van der Waals surface area contributed by atoms with Crippen molar-refractivity contribution >= 4 is 15.9 Å². The van der Waals surface area contributed by atoms with Gasteiger partial charge in [0.15, 0.2) is 0 Å². The Bertz CT molecular complexity index is 198. The van der Waals surface area contributed by atoms with E-state index in [0.717, 1.165) is 31.1 Å². The molecule has 1 aliphatic carbocycles. The Balaban J connectivity index is 2.18. The van der Waals surface area contributed by atoms with Crippen LogP contribution in [0.15, 0.2) is 0 Å². The van der Waals surface area contributed by atoms with Crippen molar-refractivity contribution in [3.63, 3.8) is 0 Å². The lowest BCUT2D eigenvalue weighted by Crippen LogP contribution is -2.39. The lowest BCUT2D eigenvalue weighted by atomic mass is 9.80. The molecular formula is C14H27BrO2. The molecule has 2 nitrogen and oxygen atoms in total. The highest BCUT2D eigenvalue weighted by atomic mass is 79.9. The molecule has 0 heterocycles. The molecule has 1 aliphatic rings. The molecule has 0 bridgehead atoms. The van der Waals surface area contributed by atoms with Crippen LogP contribution < -0.4 is 0 Å². The third-order valence-corrected chi connectivity index (χ3v) is 4.54. The van der Waals surface area contributed by atoms with Crippen LogP contribution in [0.5, 0.6) is 0 Å². The van der Waals surface area contributed by atoms with E-state index in [1.807, 2.05) is 0 Å². The molecule has 0 aromatic carbocycles. The molecule has 0 unspecified atom stereocenters. The van der Waals surface area contributed by atoms with E-state index in [1.165, 1.54) is 25.7 Å². The highest BCUT2D eigenvalue weighted by Gasteiger charge is 2.33. The second-order valence-corrected chi connectivity index (χ2v) is 6.38. The Morgan fingerprint density at radius 3 is 2.41 bits per heavy atom. The number of rotatable bonds is 7. The third-order valence-electron chi connectivity index (χ3n) is 3.52. The highest BCUT2D eigenvalue weighted by molar-refractivity contribution is 9.09. The minimum absolute atomic E-state index is 0.0771. The van der Waals surface area contributed by atoms with Crippen LogP contribution in [0.3, 0.4) is 0 Å². The van der Waals surface area contributed by atoms with Crippen molar-refractivity contribution in [1.29, 1.82) is 0 Å².